The summed E-state index contributed by atoms with van der Waals surface area (Å²) in [6.07, 6.45) is 0. The van der Waals surface area contributed by atoms with Crippen LogP contribution in [-0.2, 0) is 21.7 Å². The predicted molar refractivity (Wildman–Crippen MR) is 329 cm³/mol. The second kappa shape index (κ2) is 15.0. The topological polar surface area (TPSA) is 16.3 Å². The zero-order chi connectivity index (χ0) is 52.3. The second-order valence-corrected chi connectivity index (χ2v) is 26.7. The van der Waals surface area contributed by atoms with Crippen molar-refractivity contribution in [2.24, 2.45) is 0 Å². The van der Waals surface area contributed by atoms with E-state index in [0.29, 0.717) is 0 Å². The molecule has 2 aromatic heterocycles. The zero-order valence-electron chi connectivity index (χ0n) is 46.1. The van der Waals surface area contributed by atoms with Crippen LogP contribution in [0, 0.1) is 0 Å². The summed E-state index contributed by atoms with van der Waals surface area (Å²) in [7, 11) is 0. The van der Waals surface area contributed by atoms with Gasteiger partial charge in [0.05, 0.1) is 11.0 Å². The smallest absolute Gasteiger partial charge is 0.252 e. The third kappa shape index (κ3) is 6.16. The largest absolute Gasteiger partial charge is 0.311 e. The third-order valence-corrected chi connectivity index (χ3v) is 17.8. The van der Waals surface area contributed by atoms with Crippen LogP contribution in [-0.4, -0.2) is 22.6 Å². The van der Waals surface area contributed by atoms with E-state index in [1.54, 1.807) is 0 Å². The SMILES string of the molecule is CC(C)(C)c1ccc2c(c1)c1cc(C(C)(C)C)cc3c1n2-c1cccc2c1B3c1cc3c(cc1N2c1ccccc1)N(c1ccccc1)c1cccc2c1B3c1cc(C(C)(C)C)cc3c4cc(C(C)(C)C)ccc4n-2c13. The predicted octanol–water partition coefficient (Wildman–Crippen LogP) is 14.3. The van der Waals surface area contributed by atoms with Crippen LogP contribution in [0.4, 0.5) is 34.1 Å². The normalized spacial score (nSPS) is 14.5. The lowest BCUT2D eigenvalue weighted by molar-refractivity contribution is 0.590. The molecule has 0 saturated carbocycles. The molecule has 0 saturated heterocycles. The third-order valence-electron chi connectivity index (χ3n) is 17.8. The molecule has 9 aromatic carbocycles. The van der Waals surface area contributed by atoms with Crippen LogP contribution in [0.15, 0.2) is 170 Å². The van der Waals surface area contributed by atoms with Crippen LogP contribution in [0.5, 0.6) is 0 Å². The first-order valence-electron chi connectivity index (χ1n) is 27.7. The number of benzene rings is 9. The minimum Gasteiger partial charge on any atom is -0.311 e. The highest BCUT2D eigenvalue weighted by Crippen LogP contribution is 2.48. The number of fused-ring (bicyclic) bond motifs is 14. The summed E-state index contributed by atoms with van der Waals surface area (Å²) in [5, 5.41) is 5.34. The van der Waals surface area contributed by atoms with Crippen molar-refractivity contribution in [1.29, 1.82) is 0 Å². The molecule has 0 atom stereocenters. The molecule has 76 heavy (non-hydrogen) atoms. The molecule has 0 N–H and O–H groups in total. The summed E-state index contributed by atoms with van der Waals surface area (Å²) in [5.41, 5.74) is 28.4. The molecule has 4 aliphatic rings. The Kier molecular flexibility index (Phi) is 9.04. The van der Waals surface area contributed by atoms with Gasteiger partial charge < -0.3 is 18.9 Å². The van der Waals surface area contributed by atoms with Gasteiger partial charge in [-0.3, -0.25) is 0 Å². The summed E-state index contributed by atoms with van der Waals surface area (Å²) < 4.78 is 5.25. The van der Waals surface area contributed by atoms with Crippen molar-refractivity contribution < 1.29 is 0 Å². The first kappa shape index (κ1) is 45.7. The Hall–Kier alpha value is -7.69. The number of rotatable bonds is 2. The Morgan fingerprint density at radius 2 is 0.658 bits per heavy atom. The summed E-state index contributed by atoms with van der Waals surface area (Å²) >= 11 is 0. The highest BCUT2D eigenvalue weighted by Gasteiger charge is 2.48. The molecule has 15 rings (SSSR count). The van der Waals surface area contributed by atoms with Gasteiger partial charge in [-0.05, 0) is 168 Å². The Morgan fingerprint density at radius 3 is 1.04 bits per heavy atom. The molecule has 6 heteroatoms. The maximum atomic E-state index is 2.70. The molecular weight excluding hydrogens is 918 g/mol. The number of hydrogen-bond acceptors (Lipinski definition) is 2. The molecule has 6 heterocycles. The number of anilines is 6. The van der Waals surface area contributed by atoms with Gasteiger partial charge in [0.15, 0.2) is 0 Å². The van der Waals surface area contributed by atoms with Crippen LogP contribution >= 0.6 is 0 Å². The van der Waals surface area contributed by atoms with Crippen molar-refractivity contribution in [3.63, 3.8) is 0 Å². The monoisotopic (exact) mass is 983 g/mol. The van der Waals surface area contributed by atoms with E-state index < -0.39 is 0 Å². The Bertz CT molecular complexity index is 4060. The summed E-state index contributed by atoms with van der Waals surface area (Å²) in [6, 6.07) is 66.5. The van der Waals surface area contributed by atoms with Crippen LogP contribution in [0.3, 0.4) is 0 Å². The van der Waals surface area contributed by atoms with E-state index in [-0.39, 0.29) is 35.1 Å². The molecule has 0 spiro atoms. The molecule has 4 nitrogen and oxygen atoms in total. The number of hydrogen-bond donors (Lipinski definition) is 0. The van der Waals surface area contributed by atoms with Gasteiger partial charge in [-0.15, -0.1) is 0 Å². The molecule has 4 aliphatic heterocycles. The van der Waals surface area contributed by atoms with Gasteiger partial charge in [-0.25, -0.2) is 0 Å². The van der Waals surface area contributed by atoms with Crippen molar-refractivity contribution in [3.8, 4) is 11.4 Å². The van der Waals surface area contributed by atoms with Crippen molar-refractivity contribution in [2.75, 3.05) is 9.80 Å². The van der Waals surface area contributed by atoms with Crippen molar-refractivity contribution in [2.45, 2.75) is 105 Å². The fraction of sp³-hybridized carbons (Fsp3) is 0.229. The van der Waals surface area contributed by atoms with E-state index in [0.717, 1.165) is 11.4 Å². The highest BCUT2D eigenvalue weighted by atomic mass is 15.2. The van der Waals surface area contributed by atoms with E-state index in [9.17, 15) is 0 Å². The number of nitrogens with zero attached hydrogens (tertiary/aromatic N) is 4. The lowest BCUT2D eigenvalue weighted by atomic mass is 9.30. The summed E-state index contributed by atoms with van der Waals surface area (Å²) in [6.45, 7) is 28.3. The van der Waals surface area contributed by atoms with E-state index in [4.69, 9.17) is 0 Å². The standard InChI is InChI=1S/C70H64B2N4/c1-67(2,3)41-29-31-55-47(33-41)49-35-43(69(7,8)9)37-53-65(49)75(55)59-27-19-25-57-63(59)71(53)51-39-52-62(40-61(51)73(57)45-21-15-13-16-22-45)74(46-23-17-14-18-24-46)58-26-20-28-60-64(58)72(52)54-38-44(70(10,11)12)36-50-48-34-42(68(4,5)6)30-32-56(48)76(60)66(50)54/h13-40H,1-12H3. The van der Waals surface area contributed by atoms with Gasteiger partial charge in [0.2, 0.25) is 0 Å². The lowest BCUT2D eigenvalue weighted by Gasteiger charge is -2.44. The van der Waals surface area contributed by atoms with Gasteiger partial charge in [-0.2, -0.15) is 0 Å². The lowest BCUT2D eigenvalue weighted by Crippen LogP contribution is -2.64. The minimum atomic E-state index is -0.0854. The molecule has 0 aliphatic carbocycles. The summed E-state index contributed by atoms with van der Waals surface area (Å²) in [5.74, 6) is 0. The van der Waals surface area contributed by atoms with Crippen LogP contribution < -0.4 is 42.6 Å². The van der Waals surface area contributed by atoms with E-state index in [2.05, 4.69) is 272 Å². The van der Waals surface area contributed by atoms with Crippen molar-refractivity contribution >= 4 is 124 Å². The van der Waals surface area contributed by atoms with Gasteiger partial charge >= 0.3 is 0 Å². The maximum absolute atomic E-state index is 2.70. The van der Waals surface area contributed by atoms with Crippen molar-refractivity contribution in [3.05, 3.63) is 192 Å². The van der Waals surface area contributed by atoms with E-state index >= 15 is 0 Å². The Balaban J connectivity index is 1.11. The van der Waals surface area contributed by atoms with Gasteiger partial charge in [0.1, 0.15) is 0 Å². The first-order chi connectivity index (χ1) is 36.3. The average molecular weight is 983 g/mol. The summed E-state index contributed by atoms with van der Waals surface area (Å²) in [4.78, 5) is 5.17. The number of para-hydroxylation sites is 2. The Morgan fingerprint density at radius 1 is 0.289 bits per heavy atom. The molecule has 0 unspecified atom stereocenters. The van der Waals surface area contributed by atoms with Crippen molar-refractivity contribution in [1.82, 2.24) is 9.13 Å². The second-order valence-electron chi connectivity index (χ2n) is 26.7. The van der Waals surface area contributed by atoms with Gasteiger partial charge in [0.25, 0.3) is 13.4 Å². The van der Waals surface area contributed by atoms with Crippen LogP contribution in [0.1, 0.15) is 105 Å². The number of aromatic nitrogens is 2. The zero-order valence-corrected chi connectivity index (χ0v) is 46.1. The molecule has 370 valence electrons. The van der Waals surface area contributed by atoms with E-state index in [1.807, 2.05) is 0 Å². The molecule has 11 aromatic rings. The van der Waals surface area contributed by atoms with Gasteiger partial charge in [-0.1, -0.05) is 162 Å². The molecule has 0 fully saturated rings. The molecular formula is C70H64B2N4. The fourth-order valence-corrected chi connectivity index (χ4v) is 13.9. The van der Waals surface area contributed by atoms with Gasteiger partial charge in [0, 0.05) is 78.1 Å². The highest BCUT2D eigenvalue weighted by molar-refractivity contribution is 7.03. The molecule has 0 bridgehead atoms. The maximum Gasteiger partial charge on any atom is 0.252 e. The first-order valence-corrected chi connectivity index (χ1v) is 27.7. The minimum absolute atomic E-state index is 0.00491. The molecule has 0 amide bonds. The van der Waals surface area contributed by atoms with E-state index in [1.165, 1.54) is 133 Å². The fourth-order valence-electron chi connectivity index (χ4n) is 13.9. The molecule has 0 radical (unpaired) electrons. The average Bonchev–Trinajstić information content (AvgIpc) is 4.05. The quantitative estimate of drug-likeness (QED) is 0.161. The van der Waals surface area contributed by atoms with Crippen LogP contribution in [0.25, 0.3) is 55.0 Å². The van der Waals surface area contributed by atoms with Crippen LogP contribution in [0.2, 0.25) is 0 Å². The Labute approximate surface area is 448 Å².